The number of aryl methyl sites for hydroxylation is 4. The van der Waals surface area contributed by atoms with Crippen LogP contribution in [0.1, 0.15) is 38.4 Å². The van der Waals surface area contributed by atoms with Gasteiger partial charge in [-0.1, -0.05) is 6.07 Å². The van der Waals surface area contributed by atoms with Gasteiger partial charge in [0, 0.05) is 26.7 Å². The second kappa shape index (κ2) is 4.59. The topological polar surface area (TPSA) is 33.1 Å². The molecule has 2 aromatic rings. The highest BCUT2D eigenvalue weighted by Gasteiger charge is 2.17. The number of hydrogen-bond acceptors (Lipinski definition) is 3. The van der Waals surface area contributed by atoms with Gasteiger partial charge >= 0.3 is 0 Å². The van der Waals surface area contributed by atoms with Crippen molar-refractivity contribution in [1.29, 1.82) is 0 Å². The van der Waals surface area contributed by atoms with Crippen LogP contribution in [0.15, 0.2) is 18.2 Å². The minimum absolute atomic E-state index is 0.562. The Labute approximate surface area is 106 Å². The van der Waals surface area contributed by atoms with Crippen molar-refractivity contribution in [2.75, 3.05) is 0 Å². The Kier molecular flexibility index (Phi) is 3.31. The van der Waals surface area contributed by atoms with Gasteiger partial charge in [-0.15, -0.1) is 11.3 Å². The second-order valence-corrected chi connectivity index (χ2v) is 5.86. The fourth-order valence-corrected chi connectivity index (χ4v) is 3.03. The molecule has 2 aromatic heterocycles. The molecule has 1 atom stereocenters. The Morgan fingerprint density at radius 3 is 2.35 bits per heavy atom. The van der Waals surface area contributed by atoms with Crippen LogP contribution in [0.5, 0.6) is 0 Å². The lowest BCUT2D eigenvalue weighted by atomic mass is 10.0. The molecular weight excluding hydrogens is 230 g/mol. The van der Waals surface area contributed by atoms with E-state index >= 15 is 0 Å². The Balaban J connectivity index is 2.43. The summed E-state index contributed by atoms with van der Waals surface area (Å²) in [6, 6.07) is 5.97. The molecule has 0 radical (unpaired) electrons. The zero-order valence-electron chi connectivity index (χ0n) is 10.6. The Morgan fingerprint density at radius 1 is 1.12 bits per heavy atom. The summed E-state index contributed by atoms with van der Waals surface area (Å²) in [5, 5.41) is 10.4. The lowest BCUT2D eigenvalue weighted by Gasteiger charge is -2.13. The van der Waals surface area contributed by atoms with Crippen LogP contribution in [0.3, 0.4) is 0 Å². The molecule has 0 fully saturated rings. The highest BCUT2D eigenvalue weighted by atomic mass is 32.1. The van der Waals surface area contributed by atoms with E-state index in [1.165, 1.54) is 9.75 Å². The van der Waals surface area contributed by atoms with Gasteiger partial charge in [-0.05, 0) is 45.4 Å². The molecule has 0 spiro atoms. The zero-order valence-corrected chi connectivity index (χ0v) is 11.4. The first-order valence-corrected chi connectivity index (χ1v) is 6.50. The van der Waals surface area contributed by atoms with Crippen molar-refractivity contribution < 1.29 is 5.11 Å². The first kappa shape index (κ1) is 12.3. The van der Waals surface area contributed by atoms with Gasteiger partial charge < -0.3 is 5.11 Å². The molecule has 0 aliphatic heterocycles. The monoisotopic (exact) mass is 247 g/mol. The number of thiophene rings is 1. The highest BCUT2D eigenvalue weighted by molar-refractivity contribution is 7.12. The van der Waals surface area contributed by atoms with Crippen LogP contribution in [0.25, 0.3) is 0 Å². The summed E-state index contributed by atoms with van der Waals surface area (Å²) < 4.78 is 0. The molecular formula is C14H17NOS. The van der Waals surface area contributed by atoms with E-state index < -0.39 is 6.10 Å². The largest absolute Gasteiger partial charge is 0.384 e. The maximum absolute atomic E-state index is 10.4. The molecule has 1 N–H and O–H groups in total. The quantitative estimate of drug-likeness (QED) is 0.881. The number of aliphatic hydroxyl groups is 1. The number of aromatic nitrogens is 1. The lowest BCUT2D eigenvalue weighted by molar-refractivity contribution is 0.219. The van der Waals surface area contributed by atoms with Crippen molar-refractivity contribution in [1.82, 2.24) is 4.98 Å². The number of pyridine rings is 1. The fraction of sp³-hybridized carbons (Fsp3) is 0.357. The Hall–Kier alpha value is -1.19. The maximum atomic E-state index is 10.4. The van der Waals surface area contributed by atoms with E-state index in [2.05, 4.69) is 18.0 Å². The van der Waals surface area contributed by atoms with Crippen LogP contribution in [-0.4, -0.2) is 10.1 Å². The molecule has 0 amide bonds. The Morgan fingerprint density at radius 2 is 1.82 bits per heavy atom. The van der Waals surface area contributed by atoms with Gasteiger partial charge in [0.25, 0.3) is 0 Å². The van der Waals surface area contributed by atoms with E-state index in [0.29, 0.717) is 0 Å². The molecule has 17 heavy (non-hydrogen) atoms. The lowest BCUT2D eigenvalue weighted by Crippen LogP contribution is -2.04. The van der Waals surface area contributed by atoms with Gasteiger partial charge in [-0.2, -0.15) is 0 Å². The van der Waals surface area contributed by atoms with Gasteiger partial charge in [-0.25, -0.2) is 0 Å². The molecule has 0 bridgehead atoms. The molecule has 3 heteroatoms. The van der Waals surface area contributed by atoms with Crippen LogP contribution >= 0.6 is 11.3 Å². The maximum Gasteiger partial charge on any atom is 0.107 e. The Bertz CT molecular complexity index is 545. The first-order valence-electron chi connectivity index (χ1n) is 5.68. The standard InChI is InChI=1S/C14H17NOS/c1-8-5-6-12(10(3)15-8)14(16)13-7-9(2)17-11(13)4/h5-7,14,16H,1-4H3. The van der Waals surface area contributed by atoms with Crippen molar-refractivity contribution in [3.8, 4) is 0 Å². The smallest absolute Gasteiger partial charge is 0.107 e. The second-order valence-electron chi connectivity index (χ2n) is 4.40. The molecule has 0 saturated heterocycles. The van der Waals surface area contributed by atoms with E-state index in [4.69, 9.17) is 0 Å². The van der Waals surface area contributed by atoms with Gasteiger partial charge in [-0.3, -0.25) is 4.98 Å². The van der Waals surface area contributed by atoms with Crippen molar-refractivity contribution in [2.24, 2.45) is 0 Å². The van der Waals surface area contributed by atoms with E-state index in [1.807, 2.05) is 32.9 Å². The SMILES string of the molecule is Cc1ccc(C(O)c2cc(C)sc2C)c(C)n1. The van der Waals surface area contributed by atoms with Crippen LogP contribution in [0.4, 0.5) is 0 Å². The van der Waals surface area contributed by atoms with Crippen LogP contribution in [0.2, 0.25) is 0 Å². The van der Waals surface area contributed by atoms with Crippen molar-refractivity contribution in [3.05, 3.63) is 50.5 Å². The minimum Gasteiger partial charge on any atom is -0.384 e. The van der Waals surface area contributed by atoms with Gasteiger partial charge in [0.05, 0.1) is 0 Å². The molecule has 90 valence electrons. The van der Waals surface area contributed by atoms with E-state index in [0.717, 1.165) is 22.5 Å². The molecule has 0 saturated carbocycles. The summed E-state index contributed by atoms with van der Waals surface area (Å²) in [5.74, 6) is 0. The third kappa shape index (κ3) is 2.40. The predicted octanol–water partition coefficient (Wildman–Crippen LogP) is 3.46. The van der Waals surface area contributed by atoms with Crippen LogP contribution in [0, 0.1) is 27.7 Å². The van der Waals surface area contributed by atoms with Crippen LogP contribution in [-0.2, 0) is 0 Å². The average Bonchev–Trinajstić information content (AvgIpc) is 2.57. The van der Waals surface area contributed by atoms with Gasteiger partial charge in [0.2, 0.25) is 0 Å². The van der Waals surface area contributed by atoms with Gasteiger partial charge in [0.1, 0.15) is 6.10 Å². The average molecular weight is 247 g/mol. The van der Waals surface area contributed by atoms with Gasteiger partial charge in [0.15, 0.2) is 0 Å². The van der Waals surface area contributed by atoms with Crippen LogP contribution < -0.4 is 0 Å². The molecule has 0 aromatic carbocycles. The molecule has 1 unspecified atom stereocenters. The number of hydrogen-bond donors (Lipinski definition) is 1. The van der Waals surface area contributed by atoms with E-state index in [9.17, 15) is 5.11 Å². The first-order chi connectivity index (χ1) is 7.99. The summed E-state index contributed by atoms with van der Waals surface area (Å²) in [7, 11) is 0. The number of rotatable bonds is 2. The number of nitrogens with zero attached hydrogens (tertiary/aromatic N) is 1. The summed E-state index contributed by atoms with van der Waals surface area (Å²) >= 11 is 1.72. The van der Waals surface area contributed by atoms with E-state index in [-0.39, 0.29) is 0 Å². The fourth-order valence-electron chi connectivity index (χ4n) is 2.08. The number of aliphatic hydroxyl groups excluding tert-OH is 1. The molecule has 2 rings (SSSR count). The summed E-state index contributed by atoms with van der Waals surface area (Å²) in [5.41, 5.74) is 3.79. The summed E-state index contributed by atoms with van der Waals surface area (Å²) in [4.78, 5) is 6.81. The third-order valence-corrected chi connectivity index (χ3v) is 3.92. The molecule has 0 aliphatic carbocycles. The molecule has 2 heterocycles. The summed E-state index contributed by atoms with van der Waals surface area (Å²) in [6.45, 7) is 8.02. The molecule has 2 nitrogen and oxygen atoms in total. The highest BCUT2D eigenvalue weighted by Crippen LogP contribution is 2.31. The zero-order chi connectivity index (χ0) is 12.6. The molecule has 0 aliphatic rings. The minimum atomic E-state index is -0.562. The normalized spacial score (nSPS) is 12.8. The third-order valence-electron chi connectivity index (χ3n) is 2.93. The van der Waals surface area contributed by atoms with Crippen molar-refractivity contribution in [3.63, 3.8) is 0 Å². The van der Waals surface area contributed by atoms with Crippen molar-refractivity contribution >= 4 is 11.3 Å². The summed E-state index contributed by atoms with van der Waals surface area (Å²) in [6.07, 6.45) is -0.562. The predicted molar refractivity (Wildman–Crippen MR) is 71.6 cm³/mol. The van der Waals surface area contributed by atoms with Crippen molar-refractivity contribution in [2.45, 2.75) is 33.8 Å². The van der Waals surface area contributed by atoms with E-state index in [1.54, 1.807) is 11.3 Å².